The zero-order valence-electron chi connectivity index (χ0n) is 16.7. The van der Waals surface area contributed by atoms with Crippen LogP contribution in [0.3, 0.4) is 0 Å². The number of esters is 1. The van der Waals surface area contributed by atoms with Crippen LogP contribution in [-0.2, 0) is 17.6 Å². The van der Waals surface area contributed by atoms with E-state index in [0.717, 1.165) is 37.4 Å². The maximum absolute atomic E-state index is 12.5. The van der Waals surface area contributed by atoms with Gasteiger partial charge in [-0.25, -0.2) is 4.79 Å². The maximum Gasteiger partial charge on any atom is 0.341 e. The Hall–Kier alpha value is -1.14. The molecule has 0 spiro atoms. The van der Waals surface area contributed by atoms with Gasteiger partial charge in [-0.3, -0.25) is 0 Å². The van der Waals surface area contributed by atoms with E-state index < -0.39 is 0 Å². The van der Waals surface area contributed by atoms with E-state index in [-0.39, 0.29) is 5.97 Å². The van der Waals surface area contributed by atoms with Crippen LogP contribution in [0.25, 0.3) is 0 Å². The lowest BCUT2D eigenvalue weighted by Crippen LogP contribution is -2.39. The molecular weight excluding hydrogens is 364 g/mol. The molecule has 0 atom stereocenters. The Labute approximate surface area is 167 Å². The van der Waals surface area contributed by atoms with Crippen molar-refractivity contribution in [2.75, 3.05) is 25.5 Å². The zero-order chi connectivity index (χ0) is 19.3. The Balaban J connectivity index is 2.29. The van der Waals surface area contributed by atoms with E-state index in [1.807, 2.05) is 0 Å². The topological polar surface area (TPSA) is 41.6 Å². The monoisotopic (exact) mass is 396 g/mol. The average Bonchev–Trinajstić information content (AvgIpc) is 2.74. The van der Waals surface area contributed by atoms with Crippen molar-refractivity contribution in [2.45, 2.75) is 59.8 Å². The fourth-order valence-corrected chi connectivity index (χ4v) is 5.04. The number of thiophene rings is 1. The quantitative estimate of drug-likeness (QED) is 0.411. The first-order valence-electron chi connectivity index (χ1n) is 9.62. The number of aryl methyl sites for hydroxylation is 1. The number of nitrogens with one attached hydrogen (secondary N) is 1. The third-order valence-electron chi connectivity index (χ3n) is 4.49. The van der Waals surface area contributed by atoms with Crippen LogP contribution in [0, 0.1) is 11.8 Å². The summed E-state index contributed by atoms with van der Waals surface area (Å²) in [6, 6.07) is 0. The van der Waals surface area contributed by atoms with Gasteiger partial charge in [-0.2, -0.15) is 0 Å². The first-order valence-corrected chi connectivity index (χ1v) is 10.8. The Morgan fingerprint density at radius 3 is 2.35 bits per heavy atom. The molecule has 0 bridgehead atoms. The molecule has 1 N–H and O–H groups in total. The SMILES string of the molecule is COC(=O)c1c(NC(=S)N(CC(C)C)CC(C)C)sc2c1CCCCC2. The molecule has 1 aliphatic rings. The second-order valence-electron chi connectivity index (χ2n) is 7.88. The third-order valence-corrected chi connectivity index (χ3v) is 6.06. The predicted molar refractivity (Wildman–Crippen MR) is 114 cm³/mol. The van der Waals surface area contributed by atoms with Crippen molar-refractivity contribution in [3.05, 3.63) is 16.0 Å². The summed E-state index contributed by atoms with van der Waals surface area (Å²) < 4.78 is 5.08. The molecule has 26 heavy (non-hydrogen) atoms. The predicted octanol–water partition coefficient (Wildman–Crippen LogP) is 5.11. The number of anilines is 1. The summed E-state index contributed by atoms with van der Waals surface area (Å²) in [5.41, 5.74) is 1.87. The molecule has 1 aliphatic carbocycles. The van der Waals surface area contributed by atoms with E-state index in [4.69, 9.17) is 17.0 Å². The maximum atomic E-state index is 12.5. The highest BCUT2D eigenvalue weighted by Crippen LogP contribution is 2.38. The van der Waals surface area contributed by atoms with Crippen LogP contribution in [0.1, 0.15) is 67.8 Å². The van der Waals surface area contributed by atoms with Crippen molar-refractivity contribution < 1.29 is 9.53 Å². The number of carbonyl (C=O) groups is 1. The van der Waals surface area contributed by atoms with Crippen molar-refractivity contribution in [1.82, 2.24) is 4.90 Å². The fourth-order valence-electron chi connectivity index (χ4n) is 3.45. The minimum Gasteiger partial charge on any atom is -0.465 e. The van der Waals surface area contributed by atoms with Gasteiger partial charge < -0.3 is 15.0 Å². The number of fused-ring (bicyclic) bond motifs is 1. The highest BCUT2D eigenvalue weighted by Gasteiger charge is 2.26. The largest absolute Gasteiger partial charge is 0.465 e. The molecule has 0 saturated heterocycles. The summed E-state index contributed by atoms with van der Waals surface area (Å²) in [6.45, 7) is 10.6. The first-order chi connectivity index (χ1) is 12.3. The standard InChI is InChI=1S/C20H32N2O2S2/c1-13(2)11-22(12-14(3)4)20(25)21-18-17(19(23)24-5)15-9-7-6-8-10-16(15)26-18/h13-14H,6-12H2,1-5H3,(H,21,25). The zero-order valence-corrected chi connectivity index (χ0v) is 18.3. The Kier molecular flexibility index (Phi) is 7.89. The smallest absolute Gasteiger partial charge is 0.341 e. The van der Waals surface area contributed by atoms with E-state index in [2.05, 4.69) is 37.9 Å². The van der Waals surface area contributed by atoms with Crippen LogP contribution in [0.4, 0.5) is 5.00 Å². The van der Waals surface area contributed by atoms with Crippen LogP contribution in [0.2, 0.25) is 0 Å². The van der Waals surface area contributed by atoms with Crippen LogP contribution in [0.15, 0.2) is 0 Å². The van der Waals surface area contributed by atoms with Gasteiger partial charge in [0.2, 0.25) is 0 Å². The third kappa shape index (κ3) is 5.43. The van der Waals surface area contributed by atoms with Crippen LogP contribution >= 0.6 is 23.6 Å². The molecular formula is C20H32N2O2S2. The molecule has 0 saturated carbocycles. The number of hydrogen-bond acceptors (Lipinski definition) is 4. The number of thiocarbonyl (C=S) groups is 1. The van der Waals surface area contributed by atoms with E-state index >= 15 is 0 Å². The molecule has 6 heteroatoms. The number of ether oxygens (including phenoxy) is 1. The van der Waals surface area contributed by atoms with E-state index in [1.54, 1.807) is 11.3 Å². The van der Waals surface area contributed by atoms with Crippen molar-refractivity contribution >= 4 is 39.6 Å². The second-order valence-corrected chi connectivity index (χ2v) is 9.37. The Morgan fingerprint density at radius 2 is 1.77 bits per heavy atom. The van der Waals surface area contributed by atoms with Gasteiger partial charge >= 0.3 is 5.97 Å². The van der Waals surface area contributed by atoms with Crippen molar-refractivity contribution in [2.24, 2.45) is 11.8 Å². The number of methoxy groups -OCH3 is 1. The summed E-state index contributed by atoms with van der Waals surface area (Å²) >= 11 is 7.39. The lowest BCUT2D eigenvalue weighted by molar-refractivity contribution is 0.0601. The number of carbonyl (C=O) groups excluding carboxylic acids is 1. The molecule has 0 aliphatic heterocycles. The molecule has 0 radical (unpaired) electrons. The lowest BCUT2D eigenvalue weighted by atomic mass is 10.1. The summed E-state index contributed by atoms with van der Waals surface area (Å²) in [5, 5.41) is 4.95. The Morgan fingerprint density at radius 1 is 1.15 bits per heavy atom. The first kappa shape index (κ1) is 21.2. The van der Waals surface area contributed by atoms with Crippen LogP contribution in [-0.4, -0.2) is 36.2 Å². The van der Waals surface area contributed by atoms with Gasteiger partial charge in [-0.05, 0) is 55.3 Å². The van der Waals surface area contributed by atoms with Gasteiger partial charge in [0.25, 0.3) is 0 Å². The van der Waals surface area contributed by atoms with Crippen LogP contribution < -0.4 is 5.32 Å². The molecule has 0 unspecified atom stereocenters. The summed E-state index contributed by atoms with van der Waals surface area (Å²) in [5.74, 6) is 0.788. The number of nitrogens with zero attached hydrogens (tertiary/aromatic N) is 1. The van der Waals surface area contributed by atoms with Gasteiger partial charge in [0.05, 0.1) is 12.7 Å². The number of rotatable bonds is 6. The second kappa shape index (κ2) is 9.70. The molecule has 2 rings (SSSR count). The fraction of sp³-hybridized carbons (Fsp3) is 0.700. The summed E-state index contributed by atoms with van der Waals surface area (Å²) in [4.78, 5) is 16.0. The highest BCUT2D eigenvalue weighted by molar-refractivity contribution is 7.80. The van der Waals surface area contributed by atoms with E-state index in [0.29, 0.717) is 22.5 Å². The van der Waals surface area contributed by atoms with E-state index in [1.165, 1.54) is 30.4 Å². The van der Waals surface area contributed by atoms with Crippen LogP contribution in [0.5, 0.6) is 0 Å². The van der Waals surface area contributed by atoms with Gasteiger partial charge in [-0.1, -0.05) is 34.1 Å². The van der Waals surface area contributed by atoms with Gasteiger partial charge in [0.15, 0.2) is 5.11 Å². The van der Waals surface area contributed by atoms with Crippen molar-refractivity contribution in [3.8, 4) is 0 Å². The molecule has 0 fully saturated rings. The van der Waals surface area contributed by atoms with E-state index in [9.17, 15) is 4.79 Å². The number of hydrogen-bond donors (Lipinski definition) is 1. The van der Waals surface area contributed by atoms with Crippen molar-refractivity contribution in [1.29, 1.82) is 0 Å². The van der Waals surface area contributed by atoms with Crippen molar-refractivity contribution in [3.63, 3.8) is 0 Å². The normalized spacial score (nSPS) is 14.1. The van der Waals surface area contributed by atoms with Gasteiger partial charge in [-0.15, -0.1) is 11.3 Å². The minimum absolute atomic E-state index is 0.256. The molecule has 1 aromatic heterocycles. The molecule has 1 heterocycles. The molecule has 0 amide bonds. The summed E-state index contributed by atoms with van der Waals surface area (Å²) in [6.07, 6.45) is 5.53. The highest BCUT2D eigenvalue weighted by atomic mass is 32.1. The Bertz CT molecular complexity index is 628. The lowest BCUT2D eigenvalue weighted by Gasteiger charge is -2.29. The average molecular weight is 397 g/mol. The molecule has 4 nitrogen and oxygen atoms in total. The van der Waals surface area contributed by atoms with Gasteiger partial charge in [0, 0.05) is 18.0 Å². The summed E-state index contributed by atoms with van der Waals surface area (Å²) in [7, 11) is 1.45. The van der Waals surface area contributed by atoms with Gasteiger partial charge in [0.1, 0.15) is 5.00 Å². The molecule has 146 valence electrons. The minimum atomic E-state index is -0.256. The molecule has 1 aromatic rings. The molecule has 0 aromatic carbocycles.